The Hall–Kier alpha value is -2.94. The Labute approximate surface area is 177 Å². The highest BCUT2D eigenvalue weighted by Gasteiger charge is 2.44. The number of aliphatic hydroxyl groups is 1. The Morgan fingerprint density at radius 1 is 1.20 bits per heavy atom. The smallest absolute Gasteiger partial charge is 0.186 e. The summed E-state index contributed by atoms with van der Waals surface area (Å²) in [5.41, 5.74) is 2.37. The predicted octanol–water partition coefficient (Wildman–Crippen LogP) is 4.22. The number of hydrogen-bond acceptors (Lipinski definition) is 4. The fourth-order valence-electron chi connectivity index (χ4n) is 4.30. The van der Waals surface area contributed by atoms with Gasteiger partial charge in [-0.25, -0.2) is 8.42 Å². The van der Waals surface area contributed by atoms with Crippen LogP contribution in [-0.4, -0.2) is 25.4 Å². The number of sulfone groups is 1. The van der Waals surface area contributed by atoms with E-state index in [-0.39, 0.29) is 17.4 Å². The van der Waals surface area contributed by atoms with Crippen LogP contribution in [0.5, 0.6) is 0 Å². The van der Waals surface area contributed by atoms with E-state index in [0.29, 0.717) is 12.0 Å². The third-order valence-electron chi connectivity index (χ3n) is 5.94. The predicted molar refractivity (Wildman–Crippen MR) is 117 cm³/mol. The lowest BCUT2D eigenvalue weighted by Gasteiger charge is -2.26. The van der Waals surface area contributed by atoms with Gasteiger partial charge in [-0.3, -0.25) is 0 Å². The Morgan fingerprint density at radius 2 is 1.97 bits per heavy atom. The molecule has 0 saturated heterocycles. The zero-order chi connectivity index (χ0) is 21.4. The molecule has 0 saturated carbocycles. The van der Waals surface area contributed by atoms with E-state index in [1.165, 1.54) is 0 Å². The van der Waals surface area contributed by atoms with Crippen molar-refractivity contribution in [3.05, 3.63) is 101 Å². The van der Waals surface area contributed by atoms with Gasteiger partial charge in [-0.1, -0.05) is 66.8 Å². The van der Waals surface area contributed by atoms with Gasteiger partial charge in [0.05, 0.1) is 28.2 Å². The van der Waals surface area contributed by atoms with Gasteiger partial charge in [0.2, 0.25) is 0 Å². The molecule has 0 spiro atoms. The van der Waals surface area contributed by atoms with Crippen molar-refractivity contribution in [3.8, 4) is 6.07 Å². The molecule has 152 valence electrons. The minimum absolute atomic E-state index is 0.133. The highest BCUT2D eigenvalue weighted by Crippen LogP contribution is 2.46. The molecule has 5 heteroatoms. The van der Waals surface area contributed by atoms with E-state index in [9.17, 15) is 18.8 Å². The lowest BCUT2D eigenvalue weighted by atomic mass is 9.88. The molecule has 0 fully saturated rings. The summed E-state index contributed by atoms with van der Waals surface area (Å²) >= 11 is 0. The van der Waals surface area contributed by atoms with Crippen molar-refractivity contribution in [2.75, 3.05) is 6.61 Å². The van der Waals surface area contributed by atoms with Crippen LogP contribution in [0.25, 0.3) is 0 Å². The van der Waals surface area contributed by atoms with E-state index in [1.807, 2.05) is 43.4 Å². The standard InChI is InChI=1S/C25H23NO3S/c1-25(17-26)13-6-8-18(12-14-25)23-15-22-19(16-27)7-5-11-21(22)24(23)30(28,29)20-9-3-2-4-10-20/h2-10,12-15,21,24,27H,11,16H2,1H3. The van der Waals surface area contributed by atoms with Crippen molar-refractivity contribution in [1.82, 2.24) is 0 Å². The van der Waals surface area contributed by atoms with Crippen LogP contribution in [0.15, 0.2) is 106 Å². The molecule has 0 radical (unpaired) electrons. The fourth-order valence-corrected chi connectivity index (χ4v) is 6.35. The summed E-state index contributed by atoms with van der Waals surface area (Å²) < 4.78 is 27.5. The maximum atomic E-state index is 13.7. The third kappa shape index (κ3) is 3.43. The summed E-state index contributed by atoms with van der Waals surface area (Å²) in [5, 5.41) is 18.5. The molecule has 0 aromatic heterocycles. The molecule has 0 amide bonds. The zero-order valence-electron chi connectivity index (χ0n) is 16.7. The molecule has 1 aromatic carbocycles. The van der Waals surface area contributed by atoms with Crippen LogP contribution in [0.1, 0.15) is 13.3 Å². The fraction of sp³-hybridized carbons (Fsp3) is 0.240. The van der Waals surface area contributed by atoms with Crippen LogP contribution in [-0.2, 0) is 9.84 Å². The quantitative estimate of drug-likeness (QED) is 0.796. The first-order valence-corrected chi connectivity index (χ1v) is 11.5. The van der Waals surface area contributed by atoms with E-state index < -0.39 is 20.5 Å². The number of allylic oxidation sites excluding steroid dienone is 9. The topological polar surface area (TPSA) is 78.2 Å². The van der Waals surface area contributed by atoms with Gasteiger partial charge in [0, 0.05) is 5.92 Å². The second-order valence-corrected chi connectivity index (χ2v) is 10.0. The molecular formula is C25H23NO3S. The summed E-state index contributed by atoms with van der Waals surface area (Å²) in [4.78, 5) is 0.290. The maximum Gasteiger partial charge on any atom is 0.186 e. The van der Waals surface area contributed by atoms with Gasteiger partial charge in [-0.15, -0.1) is 0 Å². The first kappa shape index (κ1) is 20.3. The molecule has 0 bridgehead atoms. The largest absolute Gasteiger partial charge is 0.392 e. The first-order valence-electron chi connectivity index (χ1n) is 9.91. The summed E-state index contributed by atoms with van der Waals surface area (Å²) in [5.74, 6) is -0.249. The average molecular weight is 418 g/mol. The molecule has 4 rings (SSSR count). The molecule has 3 atom stereocenters. The SMILES string of the molecule is CC1(C#N)C=CC=C(C2=CC3=C(CO)C=CCC3C2S(=O)(=O)c2ccccc2)C=C1. The average Bonchev–Trinajstić information content (AvgIpc) is 3.06. The summed E-state index contributed by atoms with van der Waals surface area (Å²) in [6.07, 6.45) is 15.5. The van der Waals surface area contributed by atoms with Gasteiger partial charge >= 0.3 is 0 Å². The van der Waals surface area contributed by atoms with Gasteiger partial charge in [0.1, 0.15) is 0 Å². The minimum Gasteiger partial charge on any atom is -0.392 e. The summed E-state index contributed by atoms with van der Waals surface area (Å²) in [7, 11) is -3.67. The Kier molecular flexibility index (Phi) is 5.23. The number of hydrogen-bond donors (Lipinski definition) is 1. The third-order valence-corrected chi connectivity index (χ3v) is 8.12. The second kappa shape index (κ2) is 7.71. The van der Waals surface area contributed by atoms with Crippen LogP contribution in [0.2, 0.25) is 0 Å². The zero-order valence-corrected chi connectivity index (χ0v) is 17.5. The second-order valence-electron chi connectivity index (χ2n) is 7.97. The van der Waals surface area contributed by atoms with E-state index in [0.717, 1.165) is 16.7 Å². The van der Waals surface area contributed by atoms with Crippen LogP contribution < -0.4 is 0 Å². The molecule has 3 aliphatic rings. The van der Waals surface area contributed by atoms with Gasteiger partial charge in [0.15, 0.2) is 9.84 Å². The first-order chi connectivity index (χ1) is 14.4. The molecule has 1 N–H and O–H groups in total. The molecule has 1 aromatic rings. The maximum absolute atomic E-state index is 13.7. The lowest BCUT2D eigenvalue weighted by Crippen LogP contribution is -2.30. The van der Waals surface area contributed by atoms with E-state index >= 15 is 0 Å². The number of aliphatic hydroxyl groups excluding tert-OH is 1. The number of benzene rings is 1. The Morgan fingerprint density at radius 3 is 2.67 bits per heavy atom. The molecule has 0 heterocycles. The Bertz CT molecular complexity index is 1190. The minimum atomic E-state index is -3.67. The lowest BCUT2D eigenvalue weighted by molar-refractivity contribution is 0.332. The molecule has 30 heavy (non-hydrogen) atoms. The van der Waals surface area contributed by atoms with Crippen LogP contribution >= 0.6 is 0 Å². The monoisotopic (exact) mass is 417 g/mol. The van der Waals surface area contributed by atoms with Gasteiger partial charge in [-0.05, 0) is 47.8 Å². The van der Waals surface area contributed by atoms with Gasteiger partial charge in [0.25, 0.3) is 0 Å². The number of nitrogens with zero attached hydrogens (tertiary/aromatic N) is 1. The normalized spacial score (nSPS) is 27.9. The molecular weight excluding hydrogens is 394 g/mol. The van der Waals surface area contributed by atoms with Crippen molar-refractivity contribution in [3.63, 3.8) is 0 Å². The Balaban J connectivity index is 1.88. The van der Waals surface area contributed by atoms with Crippen LogP contribution in [0.3, 0.4) is 0 Å². The van der Waals surface area contributed by atoms with Crippen molar-refractivity contribution in [2.45, 2.75) is 23.5 Å². The van der Waals surface area contributed by atoms with Gasteiger partial charge in [-0.2, -0.15) is 5.26 Å². The number of nitriles is 1. The van der Waals surface area contributed by atoms with E-state index in [1.54, 1.807) is 42.5 Å². The van der Waals surface area contributed by atoms with Gasteiger partial charge < -0.3 is 5.11 Å². The van der Waals surface area contributed by atoms with E-state index in [4.69, 9.17) is 0 Å². The summed E-state index contributed by atoms with van der Waals surface area (Å²) in [6, 6.07) is 10.8. The molecule has 0 aliphatic heterocycles. The summed E-state index contributed by atoms with van der Waals surface area (Å²) in [6.45, 7) is 1.68. The van der Waals surface area contributed by atoms with Crippen molar-refractivity contribution < 1.29 is 13.5 Å². The van der Waals surface area contributed by atoms with E-state index in [2.05, 4.69) is 6.07 Å². The van der Waals surface area contributed by atoms with Crippen LogP contribution in [0, 0.1) is 22.7 Å². The molecule has 4 nitrogen and oxygen atoms in total. The molecule has 3 aliphatic carbocycles. The highest BCUT2D eigenvalue weighted by molar-refractivity contribution is 7.92. The van der Waals surface area contributed by atoms with Crippen LogP contribution in [0.4, 0.5) is 0 Å². The van der Waals surface area contributed by atoms with Crippen molar-refractivity contribution >= 4 is 9.84 Å². The number of rotatable bonds is 4. The van der Waals surface area contributed by atoms with Crippen molar-refractivity contribution in [2.24, 2.45) is 11.3 Å². The highest BCUT2D eigenvalue weighted by atomic mass is 32.2. The molecule has 3 unspecified atom stereocenters. The number of fused-ring (bicyclic) bond motifs is 1. The van der Waals surface area contributed by atoms with Crippen molar-refractivity contribution in [1.29, 1.82) is 5.26 Å².